The fourth-order valence-corrected chi connectivity index (χ4v) is 0.747. The molecule has 0 aliphatic carbocycles. The van der Waals surface area contributed by atoms with Crippen LogP contribution in [-0.4, -0.2) is 32.2 Å². The van der Waals surface area contributed by atoms with Crippen LogP contribution >= 0.6 is 0 Å². The molecule has 0 aromatic rings. The number of hydrazine groups is 1. The van der Waals surface area contributed by atoms with E-state index >= 15 is 0 Å². The molecule has 11 heavy (non-hydrogen) atoms. The topological polar surface area (TPSA) is 27.3 Å². The third-order valence-electron chi connectivity index (χ3n) is 1.49. The van der Waals surface area contributed by atoms with E-state index in [1.54, 1.807) is 6.20 Å². The summed E-state index contributed by atoms with van der Waals surface area (Å²) in [7, 11) is 3.92. The summed E-state index contributed by atoms with van der Waals surface area (Å²) < 4.78 is 0. The van der Waals surface area contributed by atoms with Gasteiger partial charge in [-0.1, -0.05) is 6.58 Å². The van der Waals surface area contributed by atoms with Crippen LogP contribution in [0.25, 0.3) is 0 Å². The number of hydrogen-bond donors (Lipinski definition) is 2. The maximum absolute atomic E-state index is 3.63. The summed E-state index contributed by atoms with van der Waals surface area (Å²) in [5.41, 5.74) is 3.18. The molecule has 0 aliphatic heterocycles. The third kappa shape index (κ3) is 7.36. The fraction of sp³-hybridized carbons (Fsp3) is 0.750. The summed E-state index contributed by atoms with van der Waals surface area (Å²) in [6, 6.07) is 0. The van der Waals surface area contributed by atoms with Crippen LogP contribution in [0.3, 0.4) is 0 Å². The first-order valence-corrected chi connectivity index (χ1v) is 4.04. The van der Waals surface area contributed by atoms with Crippen molar-refractivity contribution in [1.82, 2.24) is 15.8 Å². The second-order valence-corrected chi connectivity index (χ2v) is 2.51. The van der Waals surface area contributed by atoms with Crippen LogP contribution in [0.1, 0.15) is 12.8 Å². The van der Waals surface area contributed by atoms with Crippen molar-refractivity contribution in [2.24, 2.45) is 0 Å². The van der Waals surface area contributed by atoms with Gasteiger partial charge in [-0.3, -0.25) is 0 Å². The molecule has 3 nitrogen and oxygen atoms in total. The molecule has 0 rings (SSSR count). The molecule has 3 heteroatoms. The summed E-state index contributed by atoms with van der Waals surface area (Å²) in [6.07, 6.45) is 4.17. The second-order valence-electron chi connectivity index (χ2n) is 2.51. The Hall–Kier alpha value is -0.540. The van der Waals surface area contributed by atoms with Gasteiger partial charge >= 0.3 is 0 Å². The molecule has 2 N–H and O–H groups in total. The van der Waals surface area contributed by atoms with Crippen LogP contribution in [0.4, 0.5) is 0 Å². The van der Waals surface area contributed by atoms with Crippen molar-refractivity contribution in [3.63, 3.8) is 0 Å². The Kier molecular flexibility index (Phi) is 7.19. The molecule has 0 heterocycles. The smallest absolute Gasteiger partial charge is 0.0225 e. The Morgan fingerprint density at radius 2 is 2.00 bits per heavy atom. The molecule has 0 spiro atoms. The van der Waals surface area contributed by atoms with Crippen molar-refractivity contribution in [3.8, 4) is 0 Å². The van der Waals surface area contributed by atoms with Crippen LogP contribution in [0.15, 0.2) is 12.8 Å². The minimum absolute atomic E-state index is 1.02. The number of nitrogens with zero attached hydrogens (tertiary/aromatic N) is 1. The molecule has 0 amide bonds. The zero-order valence-corrected chi connectivity index (χ0v) is 7.56. The van der Waals surface area contributed by atoms with Gasteiger partial charge in [-0.05, 0) is 26.4 Å². The standard InChI is InChI=1S/C8H19N3/c1-4-11(3)10-8-6-5-7-9-2/h4,9-10H,1,5-8H2,2-3H3. The fourth-order valence-electron chi connectivity index (χ4n) is 0.747. The highest BCUT2D eigenvalue weighted by atomic mass is 15.5. The van der Waals surface area contributed by atoms with E-state index in [2.05, 4.69) is 17.3 Å². The lowest BCUT2D eigenvalue weighted by Crippen LogP contribution is -2.30. The van der Waals surface area contributed by atoms with Gasteiger partial charge in [0.05, 0.1) is 0 Å². The van der Waals surface area contributed by atoms with E-state index in [4.69, 9.17) is 0 Å². The first-order valence-electron chi connectivity index (χ1n) is 4.04. The lowest BCUT2D eigenvalue weighted by Gasteiger charge is -2.14. The molecule has 0 bridgehead atoms. The van der Waals surface area contributed by atoms with E-state index in [1.165, 1.54) is 12.8 Å². The Bertz CT molecular complexity index is 93.3. The van der Waals surface area contributed by atoms with E-state index < -0.39 is 0 Å². The molecular formula is C8H19N3. The van der Waals surface area contributed by atoms with Crippen LogP contribution in [0.5, 0.6) is 0 Å². The first-order chi connectivity index (χ1) is 5.31. The van der Waals surface area contributed by atoms with Gasteiger partial charge in [0.2, 0.25) is 0 Å². The Morgan fingerprint density at radius 1 is 1.36 bits per heavy atom. The molecule has 0 aromatic carbocycles. The van der Waals surface area contributed by atoms with Crippen LogP contribution in [0, 0.1) is 0 Å². The van der Waals surface area contributed by atoms with Crippen molar-refractivity contribution in [2.75, 3.05) is 27.2 Å². The predicted octanol–water partition coefficient (Wildman–Crippen LogP) is 0.566. The Balaban J connectivity index is 2.95. The maximum Gasteiger partial charge on any atom is 0.0225 e. The largest absolute Gasteiger partial charge is 0.320 e. The van der Waals surface area contributed by atoms with Gasteiger partial charge in [0.25, 0.3) is 0 Å². The van der Waals surface area contributed by atoms with E-state index in [0.717, 1.165) is 13.1 Å². The molecule has 0 unspecified atom stereocenters. The SMILES string of the molecule is C=CN(C)NCCCCNC. The lowest BCUT2D eigenvalue weighted by atomic mass is 10.3. The molecule has 0 atom stereocenters. The minimum atomic E-state index is 1.02. The molecule has 0 radical (unpaired) electrons. The van der Waals surface area contributed by atoms with Crippen molar-refractivity contribution in [1.29, 1.82) is 0 Å². The van der Waals surface area contributed by atoms with Crippen molar-refractivity contribution in [3.05, 3.63) is 12.8 Å². The highest BCUT2D eigenvalue weighted by Crippen LogP contribution is 1.84. The van der Waals surface area contributed by atoms with Gasteiger partial charge < -0.3 is 10.3 Å². The van der Waals surface area contributed by atoms with Gasteiger partial charge in [0, 0.05) is 19.8 Å². The number of hydrogen-bond acceptors (Lipinski definition) is 3. The average molecular weight is 157 g/mol. The molecule has 0 aromatic heterocycles. The zero-order chi connectivity index (χ0) is 8.53. The molecular weight excluding hydrogens is 138 g/mol. The van der Waals surface area contributed by atoms with E-state index in [-0.39, 0.29) is 0 Å². The monoisotopic (exact) mass is 157 g/mol. The van der Waals surface area contributed by atoms with Gasteiger partial charge in [0.15, 0.2) is 0 Å². The minimum Gasteiger partial charge on any atom is -0.320 e. The van der Waals surface area contributed by atoms with Gasteiger partial charge in [0.1, 0.15) is 0 Å². The van der Waals surface area contributed by atoms with Crippen molar-refractivity contribution >= 4 is 0 Å². The summed E-state index contributed by atoms with van der Waals surface area (Å²) in [5.74, 6) is 0. The maximum atomic E-state index is 3.63. The molecule has 0 fully saturated rings. The highest BCUT2D eigenvalue weighted by molar-refractivity contribution is 4.61. The number of unbranched alkanes of at least 4 members (excludes halogenated alkanes) is 1. The van der Waals surface area contributed by atoms with E-state index in [0.29, 0.717) is 0 Å². The van der Waals surface area contributed by atoms with Gasteiger partial charge in [-0.2, -0.15) is 0 Å². The Morgan fingerprint density at radius 3 is 2.55 bits per heavy atom. The van der Waals surface area contributed by atoms with E-state index in [9.17, 15) is 0 Å². The number of rotatable bonds is 7. The normalized spacial score (nSPS) is 9.64. The van der Waals surface area contributed by atoms with Gasteiger partial charge in [-0.25, -0.2) is 5.43 Å². The summed E-state index contributed by atoms with van der Waals surface area (Å²) in [5, 5.41) is 4.98. The van der Waals surface area contributed by atoms with Crippen LogP contribution in [-0.2, 0) is 0 Å². The van der Waals surface area contributed by atoms with Crippen molar-refractivity contribution in [2.45, 2.75) is 12.8 Å². The Labute approximate surface area is 69.4 Å². The van der Waals surface area contributed by atoms with Crippen molar-refractivity contribution < 1.29 is 0 Å². The molecule has 66 valence electrons. The summed E-state index contributed by atoms with van der Waals surface area (Å²) in [4.78, 5) is 0. The zero-order valence-electron chi connectivity index (χ0n) is 7.56. The van der Waals surface area contributed by atoms with E-state index in [1.807, 2.05) is 19.1 Å². The summed E-state index contributed by atoms with van der Waals surface area (Å²) >= 11 is 0. The lowest BCUT2D eigenvalue weighted by molar-refractivity contribution is 0.324. The summed E-state index contributed by atoms with van der Waals surface area (Å²) in [6.45, 7) is 5.74. The number of nitrogens with one attached hydrogen (secondary N) is 2. The highest BCUT2D eigenvalue weighted by Gasteiger charge is 1.88. The third-order valence-corrected chi connectivity index (χ3v) is 1.49. The molecule has 0 aliphatic rings. The molecule has 0 saturated carbocycles. The van der Waals surface area contributed by atoms with Gasteiger partial charge in [-0.15, -0.1) is 0 Å². The average Bonchev–Trinajstić information content (AvgIpc) is 2.04. The molecule has 0 saturated heterocycles. The van der Waals surface area contributed by atoms with Crippen LogP contribution < -0.4 is 10.7 Å². The quantitative estimate of drug-likeness (QED) is 0.418. The first kappa shape index (κ1) is 10.5. The second kappa shape index (κ2) is 7.57. The van der Waals surface area contributed by atoms with Crippen LogP contribution in [0.2, 0.25) is 0 Å². The predicted molar refractivity (Wildman–Crippen MR) is 49.1 cm³/mol.